The molecule has 0 aliphatic carbocycles. The Morgan fingerprint density at radius 3 is 2.75 bits per heavy atom. The van der Waals surface area contributed by atoms with Crippen molar-refractivity contribution in [1.82, 2.24) is 19.9 Å². The molecular formula is C14H18N4O2. The van der Waals surface area contributed by atoms with E-state index in [4.69, 9.17) is 5.11 Å². The molecule has 0 bridgehead atoms. The van der Waals surface area contributed by atoms with Crippen molar-refractivity contribution in [3.8, 4) is 5.69 Å². The van der Waals surface area contributed by atoms with Crippen molar-refractivity contribution in [3.63, 3.8) is 0 Å². The van der Waals surface area contributed by atoms with E-state index in [1.165, 1.54) is 0 Å². The van der Waals surface area contributed by atoms with Crippen LogP contribution in [-0.2, 0) is 11.3 Å². The van der Waals surface area contributed by atoms with E-state index in [2.05, 4.69) is 10.2 Å². The Balaban J connectivity index is 1.98. The molecule has 0 amide bonds. The molecule has 1 heterocycles. The van der Waals surface area contributed by atoms with Crippen molar-refractivity contribution in [3.05, 3.63) is 42.2 Å². The summed E-state index contributed by atoms with van der Waals surface area (Å²) in [6, 6.07) is 9.66. The van der Waals surface area contributed by atoms with Gasteiger partial charge in [0, 0.05) is 13.1 Å². The number of nitrogens with zero attached hydrogens (tertiary/aromatic N) is 4. The average molecular weight is 274 g/mol. The van der Waals surface area contributed by atoms with Crippen LogP contribution in [0.2, 0.25) is 0 Å². The molecule has 0 spiro atoms. The third-order valence-electron chi connectivity index (χ3n) is 2.97. The highest BCUT2D eigenvalue weighted by Gasteiger charge is 2.14. The van der Waals surface area contributed by atoms with Crippen LogP contribution in [0.4, 0.5) is 0 Å². The Kier molecular flexibility index (Phi) is 4.47. The first-order valence-electron chi connectivity index (χ1n) is 6.44. The van der Waals surface area contributed by atoms with Gasteiger partial charge in [0.2, 0.25) is 0 Å². The summed E-state index contributed by atoms with van der Waals surface area (Å²) < 4.78 is 0. The SMILES string of the molecule is CC(CN(C)Cc1cnn(-c2ccccc2)n1)C(=O)O. The van der Waals surface area contributed by atoms with Crippen LogP contribution in [0.5, 0.6) is 0 Å². The minimum Gasteiger partial charge on any atom is -0.481 e. The number of carboxylic acids is 1. The quantitative estimate of drug-likeness (QED) is 0.862. The summed E-state index contributed by atoms with van der Waals surface area (Å²) in [4.78, 5) is 14.3. The number of aromatic nitrogens is 3. The number of para-hydroxylation sites is 1. The maximum absolute atomic E-state index is 10.8. The van der Waals surface area contributed by atoms with Crippen molar-refractivity contribution in [2.24, 2.45) is 5.92 Å². The molecule has 6 nitrogen and oxygen atoms in total. The summed E-state index contributed by atoms with van der Waals surface area (Å²) in [6.45, 7) is 2.75. The van der Waals surface area contributed by atoms with E-state index in [9.17, 15) is 4.79 Å². The summed E-state index contributed by atoms with van der Waals surface area (Å²) in [5.41, 5.74) is 1.72. The van der Waals surface area contributed by atoms with Gasteiger partial charge in [0.1, 0.15) is 0 Å². The first-order chi connectivity index (χ1) is 9.56. The molecule has 20 heavy (non-hydrogen) atoms. The molecule has 106 valence electrons. The topological polar surface area (TPSA) is 71.2 Å². The van der Waals surface area contributed by atoms with Crippen molar-refractivity contribution in [1.29, 1.82) is 0 Å². The monoisotopic (exact) mass is 274 g/mol. The number of carbonyl (C=O) groups is 1. The second-order valence-corrected chi connectivity index (χ2v) is 4.90. The summed E-state index contributed by atoms with van der Waals surface area (Å²) in [7, 11) is 1.88. The van der Waals surface area contributed by atoms with Crippen molar-refractivity contribution in [2.75, 3.05) is 13.6 Å². The molecule has 0 fully saturated rings. The van der Waals surface area contributed by atoms with Crippen LogP contribution in [0.1, 0.15) is 12.6 Å². The van der Waals surface area contributed by atoms with Gasteiger partial charge in [0.25, 0.3) is 0 Å². The maximum Gasteiger partial charge on any atom is 0.307 e. The van der Waals surface area contributed by atoms with E-state index < -0.39 is 11.9 Å². The summed E-state index contributed by atoms with van der Waals surface area (Å²) >= 11 is 0. The normalized spacial score (nSPS) is 12.6. The lowest BCUT2D eigenvalue weighted by Gasteiger charge is -2.17. The maximum atomic E-state index is 10.8. The molecule has 0 aliphatic rings. The van der Waals surface area contributed by atoms with Crippen LogP contribution < -0.4 is 0 Å². The van der Waals surface area contributed by atoms with Gasteiger partial charge in [-0.05, 0) is 19.2 Å². The van der Waals surface area contributed by atoms with E-state index in [0.29, 0.717) is 13.1 Å². The number of aliphatic carboxylic acids is 1. The van der Waals surface area contributed by atoms with Crippen molar-refractivity contribution in [2.45, 2.75) is 13.5 Å². The van der Waals surface area contributed by atoms with E-state index in [1.54, 1.807) is 17.9 Å². The largest absolute Gasteiger partial charge is 0.481 e. The van der Waals surface area contributed by atoms with Crippen LogP contribution in [0.25, 0.3) is 5.69 Å². The lowest BCUT2D eigenvalue weighted by Crippen LogP contribution is -2.28. The van der Waals surface area contributed by atoms with Crippen LogP contribution in [-0.4, -0.2) is 44.6 Å². The number of hydrogen-bond acceptors (Lipinski definition) is 4. The lowest BCUT2D eigenvalue weighted by molar-refractivity contribution is -0.141. The van der Waals surface area contributed by atoms with Crippen LogP contribution in [0.3, 0.4) is 0 Å². The van der Waals surface area contributed by atoms with Gasteiger partial charge in [0.15, 0.2) is 0 Å². The highest BCUT2D eigenvalue weighted by atomic mass is 16.4. The van der Waals surface area contributed by atoms with Gasteiger partial charge in [-0.2, -0.15) is 15.0 Å². The summed E-state index contributed by atoms with van der Waals surface area (Å²) in [6.07, 6.45) is 1.70. The van der Waals surface area contributed by atoms with E-state index >= 15 is 0 Å². The van der Waals surface area contributed by atoms with Crippen LogP contribution >= 0.6 is 0 Å². The lowest BCUT2D eigenvalue weighted by atomic mass is 10.2. The number of carboxylic acid groups (broad SMARTS) is 1. The summed E-state index contributed by atoms with van der Waals surface area (Å²) in [5, 5.41) is 17.5. The molecule has 0 saturated carbocycles. The molecule has 2 rings (SSSR count). The van der Waals surface area contributed by atoms with Gasteiger partial charge in [-0.3, -0.25) is 9.69 Å². The number of rotatable bonds is 6. The molecule has 0 aliphatic heterocycles. The average Bonchev–Trinajstić information content (AvgIpc) is 2.88. The number of hydrogen-bond donors (Lipinski definition) is 1. The van der Waals surface area contributed by atoms with Gasteiger partial charge in [-0.15, -0.1) is 0 Å². The van der Waals surface area contributed by atoms with E-state index in [1.807, 2.05) is 42.3 Å². The zero-order valence-corrected chi connectivity index (χ0v) is 11.6. The molecule has 1 N–H and O–H groups in total. The zero-order chi connectivity index (χ0) is 14.5. The molecule has 0 radical (unpaired) electrons. The Morgan fingerprint density at radius 2 is 2.10 bits per heavy atom. The smallest absolute Gasteiger partial charge is 0.307 e. The molecule has 6 heteroatoms. The highest BCUT2D eigenvalue weighted by Crippen LogP contribution is 2.07. The molecule has 1 aromatic carbocycles. The van der Waals surface area contributed by atoms with Gasteiger partial charge >= 0.3 is 5.97 Å². The highest BCUT2D eigenvalue weighted by molar-refractivity contribution is 5.69. The number of benzene rings is 1. The van der Waals surface area contributed by atoms with Gasteiger partial charge in [-0.1, -0.05) is 25.1 Å². The van der Waals surface area contributed by atoms with Crippen LogP contribution in [0.15, 0.2) is 36.5 Å². The third-order valence-corrected chi connectivity index (χ3v) is 2.97. The second kappa shape index (κ2) is 6.29. The van der Waals surface area contributed by atoms with Gasteiger partial charge in [-0.25, -0.2) is 0 Å². The molecular weight excluding hydrogens is 256 g/mol. The molecule has 1 unspecified atom stereocenters. The fourth-order valence-electron chi connectivity index (χ4n) is 1.94. The fourth-order valence-corrected chi connectivity index (χ4v) is 1.94. The van der Waals surface area contributed by atoms with Crippen molar-refractivity contribution < 1.29 is 9.90 Å². The Bertz CT molecular complexity index is 568. The summed E-state index contributed by atoms with van der Waals surface area (Å²) in [5.74, 6) is -1.19. The minimum atomic E-state index is -0.787. The molecule has 0 saturated heterocycles. The zero-order valence-electron chi connectivity index (χ0n) is 11.6. The minimum absolute atomic E-state index is 0.399. The molecule has 2 aromatic rings. The standard InChI is InChI=1S/C14H18N4O2/c1-11(14(19)20)9-17(2)10-12-8-15-18(16-12)13-6-4-3-5-7-13/h3-8,11H,9-10H2,1-2H3,(H,19,20). The Hall–Kier alpha value is -2.21. The Morgan fingerprint density at radius 1 is 1.40 bits per heavy atom. The predicted molar refractivity (Wildman–Crippen MR) is 74.5 cm³/mol. The van der Waals surface area contributed by atoms with Gasteiger partial charge in [0.05, 0.1) is 23.5 Å². The predicted octanol–water partition coefficient (Wildman–Crippen LogP) is 1.42. The molecule has 1 atom stereocenters. The van der Waals surface area contributed by atoms with Crippen molar-refractivity contribution >= 4 is 5.97 Å². The first-order valence-corrected chi connectivity index (χ1v) is 6.44. The second-order valence-electron chi connectivity index (χ2n) is 4.90. The molecule has 1 aromatic heterocycles. The fraction of sp³-hybridized carbons (Fsp3) is 0.357. The third kappa shape index (κ3) is 3.64. The van der Waals surface area contributed by atoms with Gasteiger partial charge < -0.3 is 5.11 Å². The van der Waals surface area contributed by atoms with Crippen LogP contribution in [0, 0.1) is 5.92 Å². The van der Waals surface area contributed by atoms with E-state index in [-0.39, 0.29) is 0 Å². The van der Waals surface area contributed by atoms with E-state index in [0.717, 1.165) is 11.4 Å². The Labute approximate surface area is 117 Å². The first kappa shape index (κ1) is 14.2.